The van der Waals surface area contributed by atoms with Crippen molar-refractivity contribution in [2.45, 2.75) is 6.54 Å². The van der Waals surface area contributed by atoms with Crippen LogP contribution in [0.3, 0.4) is 0 Å². The Labute approximate surface area is 190 Å². The highest BCUT2D eigenvalue weighted by molar-refractivity contribution is 6.04. The van der Waals surface area contributed by atoms with Gasteiger partial charge in [0.2, 0.25) is 5.88 Å². The summed E-state index contributed by atoms with van der Waals surface area (Å²) in [6.07, 6.45) is 1.56. The maximum absolute atomic E-state index is 13.4. The molecule has 2 amide bonds. The number of carbonyl (C=O) groups excluding carboxylic acids is 2. The second-order valence-electron chi connectivity index (χ2n) is 7.11. The summed E-state index contributed by atoms with van der Waals surface area (Å²) in [7, 11) is 0. The molecule has 0 atom stereocenters. The molecule has 0 bridgehead atoms. The van der Waals surface area contributed by atoms with E-state index in [1.807, 2.05) is 6.07 Å². The van der Waals surface area contributed by atoms with Crippen molar-refractivity contribution < 1.29 is 18.7 Å². The molecule has 0 radical (unpaired) electrons. The Bertz CT molecular complexity index is 1260. The Kier molecular flexibility index (Phi) is 6.70. The van der Waals surface area contributed by atoms with Gasteiger partial charge in [0.1, 0.15) is 11.6 Å². The standard InChI is InChI=1S/C26H20FN3O3/c27-21-9-4-10-23(16-21)33-26-20(8-5-15-28-26)17-29-24(31)19-11-13-22(14-12-19)30-25(32)18-6-2-1-3-7-18/h1-16H,17H2,(H,29,31)(H,30,32). The van der Waals surface area contributed by atoms with Gasteiger partial charge in [-0.05, 0) is 54.6 Å². The normalized spacial score (nSPS) is 10.3. The van der Waals surface area contributed by atoms with Crippen LogP contribution < -0.4 is 15.4 Å². The van der Waals surface area contributed by atoms with Gasteiger partial charge < -0.3 is 15.4 Å². The van der Waals surface area contributed by atoms with Crippen LogP contribution >= 0.6 is 0 Å². The van der Waals surface area contributed by atoms with Gasteiger partial charge in [0.25, 0.3) is 11.8 Å². The van der Waals surface area contributed by atoms with Gasteiger partial charge in [-0.1, -0.05) is 30.3 Å². The molecule has 0 unspecified atom stereocenters. The Morgan fingerprint density at radius 1 is 0.818 bits per heavy atom. The number of pyridine rings is 1. The van der Waals surface area contributed by atoms with Gasteiger partial charge in [0.15, 0.2) is 0 Å². The summed E-state index contributed by atoms with van der Waals surface area (Å²) in [5.74, 6) is -0.342. The fourth-order valence-electron chi connectivity index (χ4n) is 3.07. The van der Waals surface area contributed by atoms with E-state index in [4.69, 9.17) is 4.74 Å². The molecule has 0 saturated carbocycles. The highest BCUT2D eigenvalue weighted by Gasteiger charge is 2.11. The lowest BCUT2D eigenvalue weighted by Gasteiger charge is -2.11. The third kappa shape index (κ3) is 5.80. The molecule has 33 heavy (non-hydrogen) atoms. The van der Waals surface area contributed by atoms with E-state index in [9.17, 15) is 14.0 Å². The van der Waals surface area contributed by atoms with E-state index < -0.39 is 5.82 Å². The van der Waals surface area contributed by atoms with Crippen molar-refractivity contribution in [3.63, 3.8) is 0 Å². The van der Waals surface area contributed by atoms with Crippen molar-refractivity contribution in [1.29, 1.82) is 0 Å². The highest BCUT2D eigenvalue weighted by Crippen LogP contribution is 2.23. The smallest absolute Gasteiger partial charge is 0.255 e. The van der Waals surface area contributed by atoms with Crippen LogP contribution in [0.4, 0.5) is 10.1 Å². The number of nitrogens with one attached hydrogen (secondary N) is 2. The zero-order chi connectivity index (χ0) is 23.0. The molecule has 0 saturated heterocycles. The van der Waals surface area contributed by atoms with Crippen molar-refractivity contribution in [2.75, 3.05) is 5.32 Å². The van der Waals surface area contributed by atoms with Gasteiger partial charge in [-0.3, -0.25) is 9.59 Å². The monoisotopic (exact) mass is 441 g/mol. The average molecular weight is 441 g/mol. The van der Waals surface area contributed by atoms with Gasteiger partial charge in [0, 0.05) is 41.2 Å². The zero-order valence-electron chi connectivity index (χ0n) is 17.5. The lowest BCUT2D eigenvalue weighted by molar-refractivity contribution is 0.0950. The third-order valence-electron chi connectivity index (χ3n) is 4.74. The minimum atomic E-state index is -0.415. The molecule has 7 heteroatoms. The lowest BCUT2D eigenvalue weighted by Crippen LogP contribution is -2.23. The van der Waals surface area contributed by atoms with E-state index in [2.05, 4.69) is 15.6 Å². The van der Waals surface area contributed by atoms with Crippen molar-refractivity contribution in [3.8, 4) is 11.6 Å². The molecule has 1 aromatic heterocycles. The molecular weight excluding hydrogens is 421 g/mol. The molecule has 0 aliphatic carbocycles. The molecule has 1 heterocycles. The number of halogens is 1. The van der Waals surface area contributed by atoms with E-state index in [0.29, 0.717) is 28.1 Å². The van der Waals surface area contributed by atoms with Gasteiger partial charge in [-0.15, -0.1) is 0 Å². The summed E-state index contributed by atoms with van der Waals surface area (Å²) < 4.78 is 19.1. The van der Waals surface area contributed by atoms with E-state index >= 15 is 0 Å². The minimum absolute atomic E-state index is 0.170. The Morgan fingerprint density at radius 2 is 1.58 bits per heavy atom. The summed E-state index contributed by atoms with van der Waals surface area (Å²) in [6, 6.07) is 24.7. The molecule has 2 N–H and O–H groups in total. The van der Waals surface area contributed by atoms with E-state index in [-0.39, 0.29) is 24.2 Å². The number of ether oxygens (including phenoxy) is 1. The highest BCUT2D eigenvalue weighted by atomic mass is 19.1. The summed E-state index contributed by atoms with van der Waals surface area (Å²) in [6.45, 7) is 0.170. The summed E-state index contributed by atoms with van der Waals surface area (Å²) in [4.78, 5) is 29.0. The first-order valence-corrected chi connectivity index (χ1v) is 10.2. The number of rotatable bonds is 7. The molecule has 0 spiro atoms. The van der Waals surface area contributed by atoms with Gasteiger partial charge in [-0.2, -0.15) is 0 Å². The van der Waals surface area contributed by atoms with Crippen LogP contribution in [0.1, 0.15) is 26.3 Å². The van der Waals surface area contributed by atoms with Gasteiger partial charge in [-0.25, -0.2) is 9.37 Å². The molecule has 4 aromatic rings. The van der Waals surface area contributed by atoms with Crippen molar-refractivity contribution in [3.05, 3.63) is 120 Å². The summed E-state index contributed by atoms with van der Waals surface area (Å²) in [5, 5.41) is 5.61. The van der Waals surface area contributed by atoms with Gasteiger partial charge >= 0.3 is 0 Å². The van der Waals surface area contributed by atoms with Crippen LogP contribution in [0.25, 0.3) is 0 Å². The topological polar surface area (TPSA) is 80.3 Å². The zero-order valence-corrected chi connectivity index (χ0v) is 17.5. The van der Waals surface area contributed by atoms with Crippen LogP contribution in [0.2, 0.25) is 0 Å². The maximum Gasteiger partial charge on any atom is 0.255 e. The lowest BCUT2D eigenvalue weighted by atomic mass is 10.1. The van der Waals surface area contributed by atoms with E-state index in [1.54, 1.807) is 79.0 Å². The van der Waals surface area contributed by atoms with Crippen LogP contribution in [-0.4, -0.2) is 16.8 Å². The second kappa shape index (κ2) is 10.2. The quantitative estimate of drug-likeness (QED) is 0.413. The first-order valence-electron chi connectivity index (χ1n) is 10.2. The number of carbonyl (C=O) groups is 2. The van der Waals surface area contributed by atoms with Crippen molar-refractivity contribution >= 4 is 17.5 Å². The Balaban J connectivity index is 1.37. The average Bonchev–Trinajstić information content (AvgIpc) is 2.84. The van der Waals surface area contributed by atoms with Crippen LogP contribution in [-0.2, 0) is 6.54 Å². The van der Waals surface area contributed by atoms with E-state index in [1.165, 1.54) is 12.1 Å². The Hall–Kier alpha value is -4.52. The number of benzene rings is 3. The molecule has 6 nitrogen and oxygen atoms in total. The van der Waals surface area contributed by atoms with E-state index in [0.717, 1.165) is 0 Å². The largest absolute Gasteiger partial charge is 0.439 e. The van der Waals surface area contributed by atoms with Crippen LogP contribution in [0.15, 0.2) is 97.2 Å². The third-order valence-corrected chi connectivity index (χ3v) is 4.74. The first kappa shape index (κ1) is 21.7. The number of hydrogen-bond donors (Lipinski definition) is 2. The van der Waals surface area contributed by atoms with Gasteiger partial charge in [0.05, 0.1) is 0 Å². The molecule has 0 aliphatic heterocycles. The molecule has 0 fully saturated rings. The maximum atomic E-state index is 13.4. The Morgan fingerprint density at radius 3 is 2.33 bits per heavy atom. The fourth-order valence-corrected chi connectivity index (χ4v) is 3.07. The molecular formula is C26H20FN3O3. The fraction of sp³-hybridized carbons (Fsp3) is 0.0385. The molecule has 4 rings (SSSR count). The minimum Gasteiger partial charge on any atom is -0.439 e. The van der Waals surface area contributed by atoms with Crippen LogP contribution in [0.5, 0.6) is 11.6 Å². The molecule has 164 valence electrons. The molecule has 3 aromatic carbocycles. The summed E-state index contributed by atoms with van der Waals surface area (Å²) >= 11 is 0. The first-order chi connectivity index (χ1) is 16.1. The van der Waals surface area contributed by atoms with Crippen molar-refractivity contribution in [2.24, 2.45) is 0 Å². The number of amides is 2. The second-order valence-corrected chi connectivity index (χ2v) is 7.11. The molecule has 0 aliphatic rings. The predicted octanol–water partition coefficient (Wildman–Crippen LogP) is 5.20. The van der Waals surface area contributed by atoms with Crippen LogP contribution in [0, 0.1) is 5.82 Å². The SMILES string of the molecule is O=C(NCc1cccnc1Oc1cccc(F)c1)c1ccc(NC(=O)c2ccccc2)cc1. The van der Waals surface area contributed by atoms with Crippen molar-refractivity contribution in [1.82, 2.24) is 10.3 Å². The number of anilines is 1. The number of nitrogens with zero attached hydrogens (tertiary/aromatic N) is 1. The number of aromatic nitrogens is 1. The number of hydrogen-bond acceptors (Lipinski definition) is 4. The summed E-state index contributed by atoms with van der Waals surface area (Å²) in [5.41, 5.74) is 2.21. The predicted molar refractivity (Wildman–Crippen MR) is 123 cm³/mol.